The number of fused-ring (bicyclic) bond motifs is 3. The van der Waals surface area contributed by atoms with Crippen molar-refractivity contribution in [1.82, 2.24) is 5.32 Å². The van der Waals surface area contributed by atoms with Crippen molar-refractivity contribution in [3.63, 3.8) is 0 Å². The van der Waals surface area contributed by atoms with Gasteiger partial charge in [0.2, 0.25) is 18.9 Å². The number of aldehydes is 1. The second-order valence-electron chi connectivity index (χ2n) is 27.8. The van der Waals surface area contributed by atoms with Crippen LogP contribution in [-0.2, 0) is 52.9 Å². The monoisotopic (exact) mass is 1710 g/mol. The van der Waals surface area contributed by atoms with E-state index in [1.165, 1.54) is 31.2 Å². The molecule has 9 N–H and O–H groups in total. The van der Waals surface area contributed by atoms with E-state index in [0.29, 0.717) is 81.9 Å². The Morgan fingerprint density at radius 1 is 0.529 bits per heavy atom. The van der Waals surface area contributed by atoms with Crippen LogP contribution in [0.3, 0.4) is 0 Å². The molecule has 0 radical (unpaired) electrons. The maximum Gasteiger partial charge on any atom is 0.348 e. The van der Waals surface area contributed by atoms with E-state index >= 15 is 0 Å². The minimum atomic E-state index is -4.45. The fourth-order valence-electron chi connectivity index (χ4n) is 12.0. The van der Waals surface area contributed by atoms with Gasteiger partial charge in [0.15, 0.2) is 23.1 Å². The van der Waals surface area contributed by atoms with Crippen molar-refractivity contribution in [2.45, 2.75) is 192 Å². The van der Waals surface area contributed by atoms with Gasteiger partial charge in [0, 0.05) is 64.0 Å². The van der Waals surface area contributed by atoms with Gasteiger partial charge in [-0.3, -0.25) is 38.1 Å². The summed E-state index contributed by atoms with van der Waals surface area (Å²) < 4.78 is 72.3. The van der Waals surface area contributed by atoms with Gasteiger partial charge in [0.1, 0.15) is 82.5 Å². The molecule has 648 valence electrons. The molecule has 5 aliphatic heterocycles. The van der Waals surface area contributed by atoms with E-state index in [1.807, 2.05) is 52.0 Å². The smallest absolute Gasteiger partial charge is 0.348 e. The van der Waals surface area contributed by atoms with E-state index in [1.54, 1.807) is 128 Å². The highest BCUT2D eigenvalue weighted by Gasteiger charge is 2.48. The van der Waals surface area contributed by atoms with Crippen LogP contribution in [0.15, 0.2) is 181 Å². The number of carbonyl (C=O) groups is 11. The van der Waals surface area contributed by atoms with Crippen LogP contribution in [-0.4, -0.2) is 194 Å². The number of cyclic esters (lactones) is 3. The molecule has 5 aliphatic rings. The molecule has 11 atom stereocenters. The van der Waals surface area contributed by atoms with Gasteiger partial charge in [-0.15, -0.1) is 0 Å². The topological polar surface area (TPSA) is 470 Å². The number of aliphatic hydroxyl groups is 7. The Morgan fingerprint density at radius 3 is 1.47 bits per heavy atom. The SMILES string of the molecule is C/C=C/C=C1\OC(=O)c2c(O[C@@H]3OC(CO)[C@@H](O)C(O)[C@@H]3O)cccc21.C/C=C/C=C1\OC(=O)c2c1cccc2S(=O)(=O)O.CC(C)C/C=C1\OC(=O)c2ccccc21.CCCCC(=O)c1ccccc1C(=O)N[C@H](C=O)CS.CCCCC(=O)c1ccccc1C(=O)O[C@@H]1OC(OC=O)[C@H](O)C(O)[C@@H]1O.CCCCC(=O)c1ccccc1C(C)=O. The lowest BCUT2D eigenvalue weighted by Crippen LogP contribution is -2.60. The zero-order valence-corrected chi connectivity index (χ0v) is 69.5. The maximum atomic E-state index is 12.5. The third-order valence-corrected chi connectivity index (χ3v) is 19.7. The van der Waals surface area contributed by atoms with Gasteiger partial charge in [-0.1, -0.05) is 181 Å². The number of hydrogen-bond donors (Lipinski definition) is 10. The van der Waals surface area contributed by atoms with Gasteiger partial charge in [-0.05, 0) is 101 Å². The molecule has 0 aliphatic carbocycles. The lowest BCUT2D eigenvalue weighted by atomic mass is 9.98. The predicted octanol–water partition coefficient (Wildman–Crippen LogP) is 10.9. The van der Waals surface area contributed by atoms with E-state index in [2.05, 4.69) is 36.5 Å². The first-order chi connectivity index (χ1) is 57.8. The van der Waals surface area contributed by atoms with E-state index in [4.69, 9.17) is 37.7 Å². The largest absolute Gasteiger partial charge is 0.461 e. The third-order valence-electron chi connectivity index (χ3n) is 18.5. The summed E-state index contributed by atoms with van der Waals surface area (Å²) >= 11 is 3.98. The van der Waals surface area contributed by atoms with Crippen molar-refractivity contribution in [1.29, 1.82) is 0 Å². The van der Waals surface area contributed by atoms with Crippen molar-refractivity contribution < 1.29 is 139 Å². The molecule has 0 saturated carbocycles. The van der Waals surface area contributed by atoms with Crippen LogP contribution in [0.1, 0.15) is 230 Å². The summed E-state index contributed by atoms with van der Waals surface area (Å²) in [7, 11) is -4.45. The number of benzene rings is 6. The highest BCUT2D eigenvalue weighted by atomic mass is 32.2. The lowest BCUT2D eigenvalue weighted by Gasteiger charge is -2.39. The summed E-state index contributed by atoms with van der Waals surface area (Å²) in [6.45, 7) is 14.8. The van der Waals surface area contributed by atoms with Crippen molar-refractivity contribution in [3.05, 3.63) is 243 Å². The van der Waals surface area contributed by atoms with E-state index in [0.717, 1.165) is 50.2 Å². The van der Waals surface area contributed by atoms with Crippen LogP contribution in [0, 0.1) is 5.92 Å². The van der Waals surface area contributed by atoms with E-state index in [9.17, 15) is 96.9 Å². The number of ketones is 4. The Balaban J connectivity index is 0.000000228. The average molecular weight is 1710 g/mol. The van der Waals surface area contributed by atoms with Crippen molar-refractivity contribution in [2.75, 3.05) is 12.4 Å². The molecular weight excluding hydrogens is 1610 g/mol. The molecular formula is C89H101NO29S2. The summed E-state index contributed by atoms with van der Waals surface area (Å²) in [6, 6.07) is 35.6. The minimum Gasteiger partial charge on any atom is -0.461 e. The summed E-state index contributed by atoms with van der Waals surface area (Å²) in [4.78, 5) is 128. The molecule has 30 nitrogen and oxygen atoms in total. The molecule has 0 bridgehead atoms. The third kappa shape index (κ3) is 27.5. The molecule has 5 heterocycles. The summed E-state index contributed by atoms with van der Waals surface area (Å²) in [5.74, 6) is -1.04. The number of carbonyl (C=O) groups excluding carboxylic acids is 11. The molecule has 4 unspecified atom stereocenters. The lowest BCUT2D eigenvalue weighted by molar-refractivity contribution is -0.327. The molecule has 0 aromatic heterocycles. The number of allylic oxidation sites excluding steroid dienone is 7. The molecule has 2 fully saturated rings. The van der Waals surface area contributed by atoms with Crippen molar-refractivity contribution >= 4 is 106 Å². The second-order valence-corrected chi connectivity index (χ2v) is 29.6. The highest BCUT2D eigenvalue weighted by molar-refractivity contribution is 7.86. The van der Waals surface area contributed by atoms with Crippen molar-refractivity contribution in [3.8, 4) is 5.75 Å². The predicted molar refractivity (Wildman–Crippen MR) is 444 cm³/mol. The first kappa shape index (κ1) is 98.7. The van der Waals surface area contributed by atoms with Gasteiger partial charge < -0.3 is 79.0 Å². The Bertz CT molecular complexity index is 4910. The van der Waals surface area contributed by atoms with E-state index < -0.39 is 113 Å². The number of rotatable bonds is 29. The molecule has 121 heavy (non-hydrogen) atoms. The number of hydrogen-bond acceptors (Lipinski definition) is 29. The zero-order valence-electron chi connectivity index (χ0n) is 67.8. The Hall–Kier alpha value is -11.1. The number of Topliss-reactive ketones (excluding diaryl/α,β-unsaturated/α-hetero) is 4. The molecule has 32 heteroatoms. The van der Waals surface area contributed by atoms with Gasteiger partial charge in [-0.25, -0.2) is 19.2 Å². The molecule has 11 rings (SSSR count). The van der Waals surface area contributed by atoms with Gasteiger partial charge in [-0.2, -0.15) is 21.0 Å². The number of amides is 1. The van der Waals surface area contributed by atoms with Crippen molar-refractivity contribution in [2.24, 2.45) is 5.92 Å². The Kier molecular flexibility index (Phi) is 39.9. The number of nitrogens with one attached hydrogen (secondary N) is 1. The zero-order chi connectivity index (χ0) is 89.2. The molecule has 0 spiro atoms. The quantitative estimate of drug-likeness (QED) is 0.00521. The number of thiol groups is 1. The molecule has 6 aromatic rings. The van der Waals surface area contributed by atoms with Gasteiger partial charge in [0.25, 0.3) is 22.5 Å². The molecule has 1 amide bonds. The average Bonchev–Trinajstić information content (AvgIpc) is 1.69. The van der Waals surface area contributed by atoms with Gasteiger partial charge in [0.05, 0.1) is 34.9 Å². The number of unbranched alkanes of at least 4 members (excludes halogenated alkanes) is 3. The molecule has 6 aromatic carbocycles. The summed E-state index contributed by atoms with van der Waals surface area (Å²) in [5, 5.41) is 71.0. The van der Waals surface area contributed by atoms with Crippen LogP contribution in [0.25, 0.3) is 17.3 Å². The van der Waals surface area contributed by atoms with Crippen LogP contribution < -0.4 is 10.1 Å². The first-order valence-corrected chi connectivity index (χ1v) is 41.0. The van der Waals surface area contributed by atoms with E-state index in [-0.39, 0.29) is 81.5 Å². The minimum absolute atomic E-state index is 0.0150. The normalized spacial score (nSPS) is 21.0. The molecule has 2 saturated heterocycles. The second kappa shape index (κ2) is 49.0. The number of esters is 4. The fourth-order valence-corrected chi connectivity index (χ4v) is 12.9. The highest BCUT2D eigenvalue weighted by Crippen LogP contribution is 2.39. The summed E-state index contributed by atoms with van der Waals surface area (Å²) in [5.41, 5.74) is 4.47. The van der Waals surface area contributed by atoms with Crippen LogP contribution in [0.4, 0.5) is 0 Å². The Labute approximate surface area is 705 Å². The number of aliphatic hydroxyl groups excluding tert-OH is 7. The Morgan fingerprint density at radius 2 is 0.975 bits per heavy atom. The van der Waals surface area contributed by atoms with Crippen LogP contribution in [0.2, 0.25) is 0 Å². The fraction of sp³-hybridized carbons (Fsp3) is 0.360. The van der Waals surface area contributed by atoms with Crippen LogP contribution in [0.5, 0.6) is 5.75 Å². The van der Waals surface area contributed by atoms with Crippen LogP contribution >= 0.6 is 12.6 Å². The first-order valence-electron chi connectivity index (χ1n) is 38.9. The van der Waals surface area contributed by atoms with Gasteiger partial charge >= 0.3 is 23.9 Å². The summed E-state index contributed by atoms with van der Waals surface area (Å²) in [6.07, 6.45) is 4.24. The standard InChI is InChI=1S/C18H22O9.C18H20O8.C15H19NO3S.C13H14O2.C13H16O2.C12H10O5S/c1-2-3-8-12(20)10-6-4-5-7-11(10)16(24)26-18-15(23)13(21)14(22)17(27-18)25-9-19;1-2-3-6-10-9-5-4-7-11(13(9)17(23)24-10)25-18-16(22)15(21)14(20)12(8-19)26-18;1-2-3-8-14(18)12-6-4-5-7-13(12)15(19)16-11(9-17)10-20;1-9(2)7-8-12-10-5-3-4-6-11(10)13(14)15-12;1-3-4-9-13(15)12-8-6-5-7-11(12)10(2)14;1-2-3-6-9-8-5-4-7-10(18(14,15)16)11(8)12(13)17-9/h4-7,9,13-15,17-18,21-23H,2-3,8H2,1H3;2-7,12,14-16,18-22H,8H2,1H3;4-7,9,11,20H,2-3,8,10H2,1H3,(H,16,19);3-6,8-9H,7H2,1-2H3;5-8H,3-4,9H2,1-2H3;2-7H,1H3,(H,14,15,16)/b;3-2+,10-6-;;12-8-;;3-2+,9-6-/t13?,14-,15+,17?,18-;12?,14-,15?,16+,18-;11-;;;/m111.../s1. The maximum absolute atomic E-state index is 12.5. The number of ether oxygens (including phenoxy) is 8.